The Labute approximate surface area is 676 Å². The minimum Gasteiger partial charge on any atom is -0.309 e. The summed E-state index contributed by atoms with van der Waals surface area (Å²) >= 11 is 0. The van der Waals surface area contributed by atoms with Gasteiger partial charge in [0.15, 0.2) is 52.4 Å². The summed E-state index contributed by atoms with van der Waals surface area (Å²) in [5.41, 5.74) is 21.7. The highest BCUT2D eigenvalue weighted by Gasteiger charge is 2.29. The molecule has 5 heterocycles. The fourth-order valence-corrected chi connectivity index (χ4v) is 15.6. The highest BCUT2D eigenvalue weighted by molar-refractivity contribution is 6.13. The first-order valence-corrected chi connectivity index (χ1v) is 39.6. The normalized spacial score (nSPS) is 12.1. The second kappa shape index (κ2) is 28.9. The molecule has 5 aromatic heterocycles. The standard InChI is InChI=1S/C104H86N12/c1-101(2,3)76-53-74(54-77(61-76)102(4,5)6)99-112-98(113-100(114-99)75-55-78(103(7,8)9)62-79(56-75)104(10,11)12)73-46-50-89(115-86-42-27-25-40-80(86)83-57-71(45-49-88(83)115)96-108-92(65-31-17-13-18-32-65)106-93(109-96)66-33-19-14-20-34-66)85(59-73)82-48-44-70(69-39-29-30-64(52-69)63-105)60-91(82)116-87-43-28-26-41-81(87)84-58-72(47-51-90(84)116)97-110-94(67-35-21-15-22-36-67)107-95(111-97)68-37-23-16-24-38-68/h13-62H,1-12H3. The Hall–Kier alpha value is -14.0. The summed E-state index contributed by atoms with van der Waals surface area (Å²) in [5.74, 6) is 5.11. The lowest BCUT2D eigenvalue weighted by atomic mass is 9.79. The van der Waals surface area contributed by atoms with Gasteiger partial charge in [0, 0.05) is 82.7 Å². The molecular formula is C104H86N12. The minimum atomic E-state index is -0.196. The third-order valence-electron chi connectivity index (χ3n) is 22.1. The summed E-state index contributed by atoms with van der Waals surface area (Å²) in [5, 5.41) is 14.6. The van der Waals surface area contributed by atoms with Crippen molar-refractivity contribution in [2.45, 2.75) is 105 Å². The predicted octanol–water partition coefficient (Wildman–Crippen LogP) is 25.8. The van der Waals surface area contributed by atoms with Crippen LogP contribution in [0.3, 0.4) is 0 Å². The largest absolute Gasteiger partial charge is 0.309 e. The number of para-hydroxylation sites is 2. The van der Waals surface area contributed by atoms with Gasteiger partial charge < -0.3 is 9.13 Å². The van der Waals surface area contributed by atoms with E-state index in [-0.39, 0.29) is 21.7 Å². The van der Waals surface area contributed by atoms with E-state index in [1.54, 1.807) is 0 Å². The van der Waals surface area contributed by atoms with Gasteiger partial charge in [-0.2, -0.15) is 5.26 Å². The molecule has 0 aliphatic carbocycles. The van der Waals surface area contributed by atoms with Crippen LogP contribution in [-0.2, 0) is 21.7 Å². The van der Waals surface area contributed by atoms with Gasteiger partial charge in [-0.15, -0.1) is 0 Å². The molecule has 0 spiro atoms. The van der Waals surface area contributed by atoms with Gasteiger partial charge in [-0.3, -0.25) is 0 Å². The molecule has 12 nitrogen and oxygen atoms in total. The molecule has 0 aliphatic rings. The van der Waals surface area contributed by atoms with Crippen LogP contribution in [0.25, 0.3) is 180 Å². The number of fused-ring (bicyclic) bond motifs is 6. The third kappa shape index (κ3) is 14.1. The topological polar surface area (TPSA) is 150 Å². The molecule has 13 aromatic carbocycles. The van der Waals surface area contributed by atoms with Crippen LogP contribution in [0.5, 0.6) is 0 Å². The van der Waals surface area contributed by atoms with Gasteiger partial charge in [0.2, 0.25) is 0 Å². The highest BCUT2D eigenvalue weighted by Crippen LogP contribution is 2.47. The SMILES string of the molecule is CC(C)(C)c1cc(-c2nc(-c3cc(C(C)(C)C)cc(C(C)(C)C)c3)nc(-c3ccc(-n4c5ccccc5c5cc(-c6nc(-c7ccccc7)nc(-c7ccccc7)n6)ccc54)c(-c4ccc(-c5cccc(C#N)c5)cc4-n4c5ccccc5c5cc(-c6nc(-c7ccccc7)nc(-c7ccccc7)n6)ccc54)c3)n2)cc(C(C)(C)C)c1. The molecular weight excluding hydrogens is 1420 g/mol. The van der Waals surface area contributed by atoms with Crippen molar-refractivity contribution in [1.82, 2.24) is 54.0 Å². The zero-order valence-electron chi connectivity index (χ0n) is 67.2. The summed E-state index contributed by atoms with van der Waals surface area (Å²) in [6.07, 6.45) is 0. The molecule has 0 fully saturated rings. The van der Waals surface area contributed by atoms with Gasteiger partial charge >= 0.3 is 0 Å². The Morgan fingerprint density at radius 3 is 0.897 bits per heavy atom. The molecule has 562 valence electrons. The van der Waals surface area contributed by atoms with Crippen LogP contribution < -0.4 is 0 Å². The van der Waals surface area contributed by atoms with E-state index in [1.807, 2.05) is 140 Å². The third-order valence-corrected chi connectivity index (χ3v) is 22.1. The number of nitrogens with zero attached hydrogens (tertiary/aromatic N) is 12. The average molecular weight is 1500 g/mol. The lowest BCUT2D eigenvalue weighted by molar-refractivity contribution is 0.568. The van der Waals surface area contributed by atoms with Crippen LogP contribution in [0, 0.1) is 11.3 Å². The van der Waals surface area contributed by atoms with Crippen molar-refractivity contribution in [1.29, 1.82) is 5.26 Å². The van der Waals surface area contributed by atoms with Gasteiger partial charge in [-0.05, 0) is 164 Å². The fourth-order valence-electron chi connectivity index (χ4n) is 15.6. The van der Waals surface area contributed by atoms with E-state index < -0.39 is 0 Å². The van der Waals surface area contributed by atoms with Gasteiger partial charge in [0.25, 0.3) is 0 Å². The van der Waals surface area contributed by atoms with Crippen LogP contribution in [0.1, 0.15) is 111 Å². The lowest BCUT2D eigenvalue weighted by Gasteiger charge is -2.26. The van der Waals surface area contributed by atoms with Crippen molar-refractivity contribution in [3.8, 4) is 142 Å². The molecule has 18 aromatic rings. The quantitative estimate of drug-likeness (QED) is 0.109. The smallest absolute Gasteiger partial charge is 0.164 e. The second-order valence-corrected chi connectivity index (χ2v) is 34.3. The Bertz CT molecular complexity index is 6650. The number of aromatic nitrogens is 11. The van der Waals surface area contributed by atoms with Crippen molar-refractivity contribution in [3.63, 3.8) is 0 Å². The number of benzene rings is 13. The van der Waals surface area contributed by atoms with E-state index in [9.17, 15) is 5.26 Å². The summed E-state index contributed by atoms with van der Waals surface area (Å²) < 4.78 is 4.81. The summed E-state index contributed by atoms with van der Waals surface area (Å²) in [6, 6.07) is 108. The Morgan fingerprint density at radius 2 is 0.517 bits per heavy atom. The molecule has 12 heteroatoms. The van der Waals surface area contributed by atoms with Crippen LogP contribution in [0.2, 0.25) is 0 Å². The highest BCUT2D eigenvalue weighted by atomic mass is 15.1. The van der Waals surface area contributed by atoms with Crippen LogP contribution in [0.15, 0.2) is 303 Å². The minimum absolute atomic E-state index is 0.196. The van der Waals surface area contributed by atoms with Gasteiger partial charge in [-0.25, -0.2) is 44.9 Å². The molecule has 0 N–H and O–H groups in total. The van der Waals surface area contributed by atoms with Gasteiger partial charge in [-0.1, -0.05) is 277 Å². The van der Waals surface area contributed by atoms with Crippen molar-refractivity contribution < 1.29 is 0 Å². The summed E-state index contributed by atoms with van der Waals surface area (Å²) in [6.45, 7) is 27.3. The van der Waals surface area contributed by atoms with Crippen molar-refractivity contribution in [3.05, 3.63) is 331 Å². The monoisotopic (exact) mass is 1500 g/mol. The Morgan fingerprint density at radius 1 is 0.216 bits per heavy atom. The number of nitriles is 1. The molecule has 0 aliphatic heterocycles. The summed E-state index contributed by atoms with van der Waals surface area (Å²) in [4.78, 5) is 48.2. The first-order valence-electron chi connectivity index (χ1n) is 39.6. The van der Waals surface area contributed by atoms with E-state index in [0.717, 1.165) is 127 Å². The molecule has 0 amide bonds. The maximum absolute atomic E-state index is 10.5. The zero-order chi connectivity index (χ0) is 79.9. The predicted molar refractivity (Wildman–Crippen MR) is 475 cm³/mol. The van der Waals surface area contributed by atoms with Crippen molar-refractivity contribution in [2.75, 3.05) is 0 Å². The lowest BCUT2D eigenvalue weighted by Crippen LogP contribution is -2.17. The fraction of sp³-hybridized carbons (Fsp3) is 0.154. The molecule has 18 rings (SSSR count). The van der Waals surface area contributed by atoms with Crippen LogP contribution in [0.4, 0.5) is 0 Å². The number of rotatable bonds is 13. The van der Waals surface area contributed by atoms with Crippen molar-refractivity contribution in [2.24, 2.45) is 0 Å². The zero-order valence-corrected chi connectivity index (χ0v) is 67.2. The number of hydrogen-bond donors (Lipinski definition) is 0. The molecule has 0 saturated heterocycles. The van der Waals surface area contributed by atoms with E-state index in [2.05, 4.69) is 262 Å². The summed E-state index contributed by atoms with van der Waals surface area (Å²) in [7, 11) is 0. The van der Waals surface area contributed by atoms with Gasteiger partial charge in [0.1, 0.15) is 0 Å². The Kier molecular flexibility index (Phi) is 18.3. The van der Waals surface area contributed by atoms with E-state index in [4.69, 9.17) is 44.9 Å². The van der Waals surface area contributed by atoms with Crippen molar-refractivity contribution >= 4 is 43.6 Å². The number of hydrogen-bond acceptors (Lipinski definition) is 10. The van der Waals surface area contributed by atoms with E-state index >= 15 is 0 Å². The van der Waals surface area contributed by atoms with Crippen LogP contribution in [-0.4, -0.2) is 54.0 Å². The molecule has 0 atom stereocenters. The molecule has 0 unspecified atom stereocenters. The van der Waals surface area contributed by atoms with E-state index in [1.165, 1.54) is 22.3 Å². The molecule has 0 radical (unpaired) electrons. The average Bonchev–Trinajstić information content (AvgIpc) is 1.57. The first-order chi connectivity index (χ1) is 55.9. The van der Waals surface area contributed by atoms with E-state index in [0.29, 0.717) is 58.0 Å². The molecule has 0 bridgehead atoms. The molecule has 0 saturated carbocycles. The maximum atomic E-state index is 10.5. The molecule has 116 heavy (non-hydrogen) atoms. The first kappa shape index (κ1) is 73.5. The maximum Gasteiger partial charge on any atom is 0.164 e. The second-order valence-electron chi connectivity index (χ2n) is 34.3. The van der Waals surface area contributed by atoms with Crippen LogP contribution >= 0.6 is 0 Å². The van der Waals surface area contributed by atoms with Gasteiger partial charge in [0.05, 0.1) is 45.1 Å². The Balaban J connectivity index is 0.924.